The van der Waals surface area contributed by atoms with Crippen LogP contribution in [0.25, 0.3) is 0 Å². The van der Waals surface area contributed by atoms with Crippen molar-refractivity contribution in [3.8, 4) is 11.5 Å². The van der Waals surface area contributed by atoms with E-state index in [1.54, 1.807) is 19.2 Å². The predicted octanol–water partition coefficient (Wildman–Crippen LogP) is 4.96. The Morgan fingerprint density at radius 3 is 2.52 bits per heavy atom. The number of hydrogen-bond donors (Lipinski definition) is 0. The number of ether oxygens (including phenoxy) is 2. The van der Waals surface area contributed by atoms with Crippen molar-refractivity contribution in [3.05, 3.63) is 58.7 Å². The molecule has 2 aromatic rings. The molecule has 8 heteroatoms. The van der Waals surface area contributed by atoms with Crippen LogP contribution in [0.5, 0.6) is 11.5 Å². The van der Waals surface area contributed by atoms with E-state index in [1.807, 2.05) is 25.1 Å². The Bertz CT molecular complexity index is 963. The molecule has 0 aliphatic carbocycles. The highest BCUT2D eigenvalue weighted by atomic mass is 35.5. The summed E-state index contributed by atoms with van der Waals surface area (Å²) >= 11 is 5.61. The minimum atomic E-state index is -0.457. The Morgan fingerprint density at radius 1 is 1.19 bits per heavy atom. The molecule has 0 aromatic heterocycles. The van der Waals surface area contributed by atoms with Crippen molar-refractivity contribution in [2.75, 3.05) is 33.9 Å². The van der Waals surface area contributed by atoms with Gasteiger partial charge in [-0.2, -0.15) is 0 Å². The fraction of sp³-hybridized carbons (Fsp3) is 0.391. The van der Waals surface area contributed by atoms with Crippen LogP contribution >= 0.6 is 36.4 Å². The molecule has 0 bridgehead atoms. The Hall–Kier alpha value is -1.79. The molecule has 2 aliphatic heterocycles. The van der Waals surface area contributed by atoms with E-state index in [-0.39, 0.29) is 30.9 Å². The molecule has 1 saturated heterocycles. The number of halogens is 3. The number of methoxy groups -OCH3 is 1. The van der Waals surface area contributed by atoms with Gasteiger partial charge in [0.25, 0.3) is 5.24 Å². The van der Waals surface area contributed by atoms with E-state index >= 15 is 0 Å². The lowest BCUT2D eigenvalue weighted by atomic mass is 9.79. The summed E-state index contributed by atoms with van der Waals surface area (Å²) in [5.41, 5.74) is 4.69. The molecule has 0 N–H and O–H groups in total. The summed E-state index contributed by atoms with van der Waals surface area (Å²) in [7, 11) is 3.81. The number of piperidine rings is 1. The molecule has 0 unspecified atom stereocenters. The van der Waals surface area contributed by atoms with Crippen LogP contribution < -0.4 is 9.47 Å². The zero-order chi connectivity index (χ0) is 20.5. The quantitative estimate of drug-likeness (QED) is 0.562. The van der Waals surface area contributed by atoms with Crippen molar-refractivity contribution in [2.45, 2.75) is 25.3 Å². The van der Waals surface area contributed by atoms with Crippen LogP contribution in [-0.2, 0) is 0 Å². The van der Waals surface area contributed by atoms with Gasteiger partial charge < -0.3 is 14.4 Å². The van der Waals surface area contributed by atoms with Crippen LogP contribution in [0.3, 0.4) is 0 Å². The summed E-state index contributed by atoms with van der Waals surface area (Å²) in [6.07, 6.45) is 1.01. The number of aliphatic imine (C=N–C) groups is 1. The molecule has 0 radical (unpaired) electrons. The van der Waals surface area contributed by atoms with Gasteiger partial charge in [-0.05, 0) is 68.4 Å². The van der Waals surface area contributed by atoms with E-state index in [0.717, 1.165) is 42.1 Å². The first-order chi connectivity index (χ1) is 14.0. The normalized spacial score (nSPS) is 19.7. The summed E-state index contributed by atoms with van der Waals surface area (Å²) in [6.45, 7) is 4.55. The average Bonchev–Trinajstić information content (AvgIpc) is 2.73. The maximum absolute atomic E-state index is 11.4. The first-order valence-corrected chi connectivity index (χ1v) is 10.3. The fourth-order valence-corrected chi connectivity index (χ4v) is 4.43. The molecule has 2 heterocycles. The maximum atomic E-state index is 11.4. The van der Waals surface area contributed by atoms with Crippen molar-refractivity contribution in [2.24, 2.45) is 4.99 Å². The highest BCUT2D eigenvalue weighted by Gasteiger charge is 2.36. The molecule has 0 saturated carbocycles. The number of hydrogen-bond acceptors (Lipinski definition) is 5. The van der Waals surface area contributed by atoms with Crippen molar-refractivity contribution in [3.63, 3.8) is 0 Å². The van der Waals surface area contributed by atoms with Crippen molar-refractivity contribution < 1.29 is 14.3 Å². The van der Waals surface area contributed by atoms with Gasteiger partial charge in [0.05, 0.1) is 25.5 Å². The highest BCUT2D eigenvalue weighted by Crippen LogP contribution is 2.42. The highest BCUT2D eigenvalue weighted by molar-refractivity contribution is 6.67. The third-order valence-electron chi connectivity index (χ3n) is 5.75. The van der Waals surface area contributed by atoms with E-state index in [9.17, 15) is 4.79 Å². The molecule has 0 spiro atoms. The minimum Gasteiger partial charge on any atom is -0.493 e. The number of fused-ring (bicyclic) bond motifs is 3. The van der Waals surface area contributed by atoms with Crippen molar-refractivity contribution >= 4 is 47.4 Å². The molecular weight excluding hydrogens is 459 g/mol. The predicted molar refractivity (Wildman–Crippen MR) is 130 cm³/mol. The lowest BCUT2D eigenvalue weighted by Gasteiger charge is -2.39. The van der Waals surface area contributed by atoms with Crippen molar-refractivity contribution in [1.82, 2.24) is 4.90 Å². The number of benzene rings is 2. The van der Waals surface area contributed by atoms with Crippen molar-refractivity contribution in [1.29, 1.82) is 0 Å². The van der Waals surface area contributed by atoms with Crippen LogP contribution in [0.2, 0.25) is 0 Å². The summed E-state index contributed by atoms with van der Waals surface area (Å²) in [6, 6.07) is 11.7. The molecule has 2 atom stereocenters. The standard InChI is InChI=1S/C23H25ClN2O3.2ClH/c1-4-29-21-11-16-17(12-20(21)28-3)22(14-5-7-15(8-6-14)23(24)27)25-19-9-10-26(2)13-18(16)19;;/h5-8,11-12,18-19H,4,9-10,13H2,1-3H3;2*1H/t18-,19-;;/m0../s1. The monoisotopic (exact) mass is 484 g/mol. The van der Waals surface area contributed by atoms with E-state index in [4.69, 9.17) is 26.1 Å². The van der Waals surface area contributed by atoms with E-state index in [2.05, 4.69) is 18.0 Å². The number of likely N-dealkylation sites (N-methyl/N-ethyl adjacent to an activating group) is 1. The Kier molecular flexibility index (Phi) is 8.78. The Balaban J connectivity index is 0.00000171. The summed E-state index contributed by atoms with van der Waals surface area (Å²) < 4.78 is 11.5. The number of carbonyl (C=O) groups is 1. The Morgan fingerprint density at radius 2 is 1.90 bits per heavy atom. The maximum Gasteiger partial charge on any atom is 0.252 e. The molecule has 2 aromatic carbocycles. The largest absolute Gasteiger partial charge is 0.493 e. The van der Waals surface area contributed by atoms with Crippen LogP contribution in [-0.4, -0.2) is 55.7 Å². The molecule has 31 heavy (non-hydrogen) atoms. The first-order valence-electron chi connectivity index (χ1n) is 9.93. The molecular formula is C23H27Cl3N2O3. The van der Waals surface area contributed by atoms with Gasteiger partial charge in [0, 0.05) is 29.2 Å². The smallest absolute Gasteiger partial charge is 0.252 e. The van der Waals surface area contributed by atoms with E-state index < -0.39 is 5.24 Å². The van der Waals surface area contributed by atoms with E-state index in [1.165, 1.54) is 5.56 Å². The molecule has 0 amide bonds. The fourth-order valence-electron chi connectivity index (χ4n) is 4.30. The minimum absolute atomic E-state index is 0. The zero-order valence-electron chi connectivity index (χ0n) is 17.8. The third kappa shape index (κ3) is 5.01. The SMILES string of the molecule is CCOc1cc2c(cc1OC)C(c1ccc(C(=O)Cl)cc1)=N[C@H]1CCN(C)C[C@@H]21.Cl.Cl. The number of nitrogens with zero attached hydrogens (tertiary/aromatic N) is 2. The second-order valence-corrected chi connectivity index (χ2v) is 7.92. The number of rotatable bonds is 5. The molecule has 1 fully saturated rings. The van der Waals surface area contributed by atoms with Gasteiger partial charge in [0.2, 0.25) is 0 Å². The first kappa shape index (κ1) is 25.5. The van der Waals surface area contributed by atoms with E-state index in [0.29, 0.717) is 23.8 Å². The lowest BCUT2D eigenvalue weighted by molar-refractivity contribution is 0.108. The summed E-state index contributed by atoms with van der Waals surface area (Å²) in [5.74, 6) is 1.79. The van der Waals surface area contributed by atoms with Crippen LogP contribution in [0.4, 0.5) is 0 Å². The molecule has 2 aliphatic rings. The van der Waals surface area contributed by atoms with Gasteiger partial charge in [-0.15, -0.1) is 24.8 Å². The zero-order valence-corrected chi connectivity index (χ0v) is 20.1. The van der Waals surface area contributed by atoms with Gasteiger partial charge in [-0.1, -0.05) is 12.1 Å². The van der Waals surface area contributed by atoms with Crippen LogP contribution in [0.1, 0.15) is 46.3 Å². The third-order valence-corrected chi connectivity index (χ3v) is 5.97. The van der Waals surface area contributed by atoms with Gasteiger partial charge >= 0.3 is 0 Å². The van der Waals surface area contributed by atoms with Gasteiger partial charge in [0.15, 0.2) is 11.5 Å². The molecule has 168 valence electrons. The van der Waals surface area contributed by atoms with Crippen LogP contribution in [0, 0.1) is 0 Å². The van der Waals surface area contributed by atoms with Gasteiger partial charge in [-0.3, -0.25) is 9.79 Å². The average molecular weight is 486 g/mol. The molecule has 5 nitrogen and oxygen atoms in total. The second kappa shape index (κ2) is 10.7. The molecule has 4 rings (SSSR count). The van der Waals surface area contributed by atoms with Gasteiger partial charge in [-0.25, -0.2) is 0 Å². The van der Waals surface area contributed by atoms with Crippen LogP contribution in [0.15, 0.2) is 41.4 Å². The topological polar surface area (TPSA) is 51.1 Å². The second-order valence-electron chi connectivity index (χ2n) is 7.58. The van der Waals surface area contributed by atoms with Gasteiger partial charge in [0.1, 0.15) is 0 Å². The lowest BCUT2D eigenvalue weighted by Crippen LogP contribution is -2.41. The summed E-state index contributed by atoms with van der Waals surface area (Å²) in [4.78, 5) is 18.9. The summed E-state index contributed by atoms with van der Waals surface area (Å²) in [5, 5.41) is -0.457. The number of likely N-dealkylation sites (tertiary alicyclic amines) is 1. The number of carbonyl (C=O) groups excluding carboxylic acids is 1. The Labute approximate surface area is 200 Å².